The second kappa shape index (κ2) is 17.1. The number of aryl methyl sites for hydroxylation is 8. The Morgan fingerprint density at radius 2 is 0.591 bits per heavy atom. The summed E-state index contributed by atoms with van der Waals surface area (Å²) in [5.74, 6) is 0. The van der Waals surface area contributed by atoms with Crippen LogP contribution in [0.2, 0.25) is 0 Å². The standard InChI is InChI=1S/C63H57N3/c1-42-22-30-55(38-46(42)5)64(56-31-23-43(2)47(6)39-56)53-34-26-50(27-35-53)63(59-18-12-14-20-61(59)66(52-16-10-9-11-17-52)62-21-15-13-19-60(62)63)51-28-36-54(37-29-51)65(57-32-24-44(3)48(7)40-57)58-33-25-45(4)49(8)41-58/h9-41H,1-8H3. The fraction of sp³-hybridized carbons (Fsp3) is 0.143. The number of para-hydroxylation sites is 3. The molecular formula is C63H57N3. The van der Waals surface area contributed by atoms with E-state index in [1.807, 2.05) is 0 Å². The summed E-state index contributed by atoms with van der Waals surface area (Å²) in [6.45, 7) is 17.5. The Morgan fingerprint density at radius 1 is 0.288 bits per heavy atom. The average Bonchev–Trinajstić information content (AvgIpc) is 3.34. The maximum atomic E-state index is 2.44. The summed E-state index contributed by atoms with van der Waals surface area (Å²) >= 11 is 0. The molecular weight excluding hydrogens is 799 g/mol. The largest absolute Gasteiger partial charge is 0.310 e. The molecule has 0 N–H and O–H groups in total. The van der Waals surface area contributed by atoms with Gasteiger partial charge in [0.1, 0.15) is 0 Å². The second-order valence-corrected chi connectivity index (χ2v) is 18.3. The molecule has 0 atom stereocenters. The molecule has 0 unspecified atom stereocenters. The van der Waals surface area contributed by atoms with Gasteiger partial charge >= 0.3 is 0 Å². The Morgan fingerprint density at radius 3 is 0.924 bits per heavy atom. The number of hydrogen-bond donors (Lipinski definition) is 0. The van der Waals surface area contributed by atoms with E-state index >= 15 is 0 Å². The second-order valence-electron chi connectivity index (χ2n) is 18.3. The normalized spacial score (nSPS) is 12.6. The van der Waals surface area contributed by atoms with Crippen LogP contribution >= 0.6 is 0 Å². The molecule has 66 heavy (non-hydrogen) atoms. The minimum absolute atomic E-state index is 0.674. The van der Waals surface area contributed by atoms with Gasteiger partial charge in [-0.25, -0.2) is 0 Å². The quantitative estimate of drug-likeness (QED) is 0.143. The third kappa shape index (κ3) is 7.26. The minimum Gasteiger partial charge on any atom is -0.310 e. The molecule has 0 bridgehead atoms. The van der Waals surface area contributed by atoms with Crippen molar-refractivity contribution in [1.82, 2.24) is 0 Å². The van der Waals surface area contributed by atoms with Crippen LogP contribution in [0.1, 0.15) is 66.8 Å². The first-order chi connectivity index (χ1) is 32.0. The Balaban J connectivity index is 1.20. The van der Waals surface area contributed by atoms with Gasteiger partial charge in [-0.1, -0.05) is 103 Å². The van der Waals surface area contributed by atoms with Crippen LogP contribution in [0.4, 0.5) is 51.2 Å². The molecule has 1 heterocycles. The van der Waals surface area contributed by atoms with Crippen molar-refractivity contribution >= 4 is 51.2 Å². The van der Waals surface area contributed by atoms with E-state index in [0.717, 1.165) is 51.2 Å². The van der Waals surface area contributed by atoms with E-state index in [9.17, 15) is 0 Å². The number of nitrogens with zero attached hydrogens (tertiary/aromatic N) is 3. The third-order valence-electron chi connectivity index (χ3n) is 14.2. The lowest BCUT2D eigenvalue weighted by Gasteiger charge is -2.46. The molecule has 3 nitrogen and oxygen atoms in total. The lowest BCUT2D eigenvalue weighted by Crippen LogP contribution is -2.37. The summed E-state index contributed by atoms with van der Waals surface area (Å²) in [5, 5.41) is 0. The summed E-state index contributed by atoms with van der Waals surface area (Å²) in [6.07, 6.45) is 0. The van der Waals surface area contributed by atoms with E-state index in [-0.39, 0.29) is 0 Å². The average molecular weight is 856 g/mol. The number of anilines is 9. The van der Waals surface area contributed by atoms with E-state index in [4.69, 9.17) is 0 Å². The van der Waals surface area contributed by atoms with Gasteiger partial charge in [0.2, 0.25) is 0 Å². The molecule has 0 radical (unpaired) electrons. The molecule has 10 rings (SSSR count). The van der Waals surface area contributed by atoms with Crippen LogP contribution < -0.4 is 14.7 Å². The number of benzene rings is 9. The van der Waals surface area contributed by atoms with Crippen LogP contribution in [-0.4, -0.2) is 0 Å². The van der Waals surface area contributed by atoms with Gasteiger partial charge in [-0.3, -0.25) is 0 Å². The van der Waals surface area contributed by atoms with Gasteiger partial charge in [-0.05, 0) is 219 Å². The van der Waals surface area contributed by atoms with E-state index in [1.165, 1.54) is 66.8 Å². The van der Waals surface area contributed by atoms with Crippen LogP contribution in [-0.2, 0) is 5.41 Å². The van der Waals surface area contributed by atoms with Gasteiger partial charge in [-0.15, -0.1) is 0 Å². The fourth-order valence-electron chi connectivity index (χ4n) is 9.96. The van der Waals surface area contributed by atoms with Gasteiger partial charge in [0.25, 0.3) is 0 Å². The highest BCUT2D eigenvalue weighted by Gasteiger charge is 2.46. The number of rotatable bonds is 9. The monoisotopic (exact) mass is 855 g/mol. The van der Waals surface area contributed by atoms with Crippen molar-refractivity contribution < 1.29 is 0 Å². The van der Waals surface area contributed by atoms with Crippen molar-refractivity contribution in [3.63, 3.8) is 0 Å². The van der Waals surface area contributed by atoms with Crippen molar-refractivity contribution in [1.29, 1.82) is 0 Å². The summed E-state index contributed by atoms with van der Waals surface area (Å²) in [7, 11) is 0. The Kier molecular flexibility index (Phi) is 10.9. The molecule has 0 amide bonds. The van der Waals surface area contributed by atoms with Crippen molar-refractivity contribution in [3.8, 4) is 0 Å². The molecule has 0 saturated carbocycles. The van der Waals surface area contributed by atoms with E-state index in [0.29, 0.717) is 0 Å². The van der Waals surface area contributed by atoms with Crippen LogP contribution in [0, 0.1) is 55.4 Å². The zero-order valence-electron chi connectivity index (χ0n) is 39.4. The summed E-state index contributed by atoms with van der Waals surface area (Å²) in [6, 6.07) is 74.8. The van der Waals surface area contributed by atoms with Gasteiger partial charge in [0, 0.05) is 39.8 Å². The summed E-state index contributed by atoms with van der Waals surface area (Å²) in [4.78, 5) is 7.24. The molecule has 9 aromatic carbocycles. The van der Waals surface area contributed by atoms with Crippen molar-refractivity contribution in [2.45, 2.75) is 60.8 Å². The zero-order chi connectivity index (χ0) is 45.7. The smallest absolute Gasteiger partial charge is 0.0742 e. The predicted molar refractivity (Wildman–Crippen MR) is 280 cm³/mol. The van der Waals surface area contributed by atoms with Crippen LogP contribution in [0.5, 0.6) is 0 Å². The molecule has 0 saturated heterocycles. The number of hydrogen-bond acceptors (Lipinski definition) is 3. The highest BCUT2D eigenvalue weighted by Crippen LogP contribution is 2.58. The molecule has 1 aliphatic rings. The Labute approximate surface area is 391 Å². The lowest BCUT2D eigenvalue weighted by molar-refractivity contribution is 0.731. The topological polar surface area (TPSA) is 9.72 Å². The molecule has 3 heteroatoms. The summed E-state index contributed by atoms with van der Waals surface area (Å²) in [5.41, 5.74) is 24.6. The Bertz CT molecular complexity index is 2930. The SMILES string of the molecule is Cc1ccc(N(c2ccc(C3(c4ccc(N(c5ccc(C)c(C)c5)c5ccc(C)c(C)c5)cc4)c4ccccc4N(c4ccccc4)c4ccccc43)cc2)c2ccc(C)c(C)c2)cc1C. The van der Waals surface area contributed by atoms with Crippen LogP contribution in [0.15, 0.2) is 200 Å². The summed E-state index contributed by atoms with van der Waals surface area (Å²) < 4.78 is 0. The zero-order valence-corrected chi connectivity index (χ0v) is 39.4. The molecule has 324 valence electrons. The lowest BCUT2D eigenvalue weighted by atomic mass is 9.62. The van der Waals surface area contributed by atoms with Gasteiger partial charge < -0.3 is 14.7 Å². The third-order valence-corrected chi connectivity index (χ3v) is 14.2. The van der Waals surface area contributed by atoms with Gasteiger partial charge in [-0.2, -0.15) is 0 Å². The van der Waals surface area contributed by atoms with E-state index < -0.39 is 5.41 Å². The van der Waals surface area contributed by atoms with Crippen LogP contribution in [0.3, 0.4) is 0 Å². The highest BCUT2D eigenvalue weighted by atomic mass is 15.2. The molecule has 0 aliphatic carbocycles. The van der Waals surface area contributed by atoms with Crippen LogP contribution in [0.25, 0.3) is 0 Å². The first-order valence-corrected chi connectivity index (χ1v) is 23.2. The maximum Gasteiger partial charge on any atom is 0.0742 e. The first-order valence-electron chi connectivity index (χ1n) is 23.2. The van der Waals surface area contributed by atoms with E-state index in [2.05, 4.69) is 270 Å². The number of fused-ring (bicyclic) bond motifs is 2. The first kappa shape index (κ1) is 42.3. The van der Waals surface area contributed by atoms with Crippen molar-refractivity contribution in [2.75, 3.05) is 14.7 Å². The molecule has 9 aromatic rings. The van der Waals surface area contributed by atoms with Gasteiger partial charge in [0.05, 0.1) is 16.8 Å². The van der Waals surface area contributed by atoms with Crippen molar-refractivity contribution in [2.24, 2.45) is 0 Å². The molecule has 0 fully saturated rings. The molecule has 0 aromatic heterocycles. The van der Waals surface area contributed by atoms with Gasteiger partial charge in [0.15, 0.2) is 0 Å². The van der Waals surface area contributed by atoms with Crippen molar-refractivity contribution in [3.05, 3.63) is 267 Å². The predicted octanol–water partition coefficient (Wildman–Crippen LogP) is 17.3. The minimum atomic E-state index is -0.674. The fourth-order valence-corrected chi connectivity index (χ4v) is 9.96. The highest BCUT2D eigenvalue weighted by molar-refractivity contribution is 5.90. The Hall–Kier alpha value is -7.62. The van der Waals surface area contributed by atoms with E-state index in [1.54, 1.807) is 0 Å². The molecule has 1 aliphatic heterocycles. The maximum absolute atomic E-state index is 2.44. The molecule has 0 spiro atoms.